The predicted molar refractivity (Wildman–Crippen MR) is 86.5 cm³/mol. The first-order chi connectivity index (χ1) is 9.69. The molecule has 0 atom stereocenters. The highest BCUT2D eigenvalue weighted by Crippen LogP contribution is 2.27. The Morgan fingerprint density at radius 1 is 1.15 bits per heavy atom. The molecule has 0 radical (unpaired) electrons. The Morgan fingerprint density at radius 3 is 2.80 bits per heavy atom. The number of benzene rings is 2. The van der Waals surface area contributed by atoms with Crippen LogP contribution in [0, 0.1) is 6.92 Å². The minimum atomic E-state index is 0.810. The van der Waals surface area contributed by atoms with Crippen molar-refractivity contribution in [2.24, 2.45) is 0 Å². The van der Waals surface area contributed by atoms with Crippen LogP contribution in [0.5, 0.6) is 5.75 Å². The minimum absolute atomic E-state index is 0.810. The lowest BCUT2D eigenvalue weighted by atomic mass is 10.1. The fraction of sp³-hybridized carbons (Fsp3) is 0.176. The van der Waals surface area contributed by atoms with E-state index >= 15 is 0 Å². The number of fused-ring (bicyclic) bond motifs is 1. The van der Waals surface area contributed by atoms with E-state index in [1.165, 1.54) is 22.0 Å². The van der Waals surface area contributed by atoms with Crippen molar-refractivity contribution in [3.8, 4) is 5.75 Å². The van der Waals surface area contributed by atoms with Gasteiger partial charge in [-0.25, -0.2) is 0 Å². The number of halogens is 1. The van der Waals surface area contributed by atoms with Crippen molar-refractivity contribution in [2.45, 2.75) is 13.5 Å². The molecule has 2 nitrogen and oxygen atoms in total. The van der Waals surface area contributed by atoms with Crippen LogP contribution in [0.4, 0.5) is 0 Å². The highest BCUT2D eigenvalue weighted by molar-refractivity contribution is 9.10. The van der Waals surface area contributed by atoms with Crippen LogP contribution in [0.25, 0.3) is 10.9 Å². The van der Waals surface area contributed by atoms with Gasteiger partial charge in [0.2, 0.25) is 0 Å². The van der Waals surface area contributed by atoms with E-state index in [9.17, 15) is 0 Å². The third kappa shape index (κ3) is 2.34. The summed E-state index contributed by atoms with van der Waals surface area (Å²) in [6, 6.07) is 14.7. The summed E-state index contributed by atoms with van der Waals surface area (Å²) in [6.45, 7) is 2.91. The topological polar surface area (TPSA) is 14.2 Å². The van der Waals surface area contributed by atoms with Crippen molar-refractivity contribution in [2.75, 3.05) is 7.11 Å². The summed E-state index contributed by atoms with van der Waals surface area (Å²) in [4.78, 5) is 0. The quantitative estimate of drug-likeness (QED) is 0.675. The smallest absolute Gasteiger partial charge is 0.123 e. The number of hydrogen-bond acceptors (Lipinski definition) is 1. The molecule has 20 heavy (non-hydrogen) atoms. The van der Waals surface area contributed by atoms with E-state index in [0.717, 1.165) is 16.8 Å². The average molecular weight is 330 g/mol. The largest absolute Gasteiger partial charge is 0.496 e. The van der Waals surface area contributed by atoms with Crippen molar-refractivity contribution in [3.63, 3.8) is 0 Å². The van der Waals surface area contributed by atoms with Gasteiger partial charge in [-0.05, 0) is 31.2 Å². The summed E-state index contributed by atoms with van der Waals surface area (Å²) < 4.78 is 8.84. The summed E-state index contributed by atoms with van der Waals surface area (Å²) in [6.07, 6.45) is 2.12. The molecule has 3 aromatic rings. The van der Waals surface area contributed by atoms with Gasteiger partial charge in [0.15, 0.2) is 0 Å². The summed E-state index contributed by atoms with van der Waals surface area (Å²) in [5, 5.41) is 1.24. The second-order valence-corrected chi connectivity index (χ2v) is 5.79. The number of methoxy groups -OCH3 is 1. The lowest BCUT2D eigenvalue weighted by molar-refractivity contribution is 0.408. The molecule has 3 rings (SSSR count). The molecule has 1 heterocycles. The monoisotopic (exact) mass is 329 g/mol. The third-order valence-corrected chi connectivity index (χ3v) is 4.23. The zero-order valence-electron chi connectivity index (χ0n) is 11.6. The molecule has 0 amide bonds. The molecule has 0 spiro atoms. The van der Waals surface area contributed by atoms with Crippen LogP contribution in [-0.4, -0.2) is 11.7 Å². The molecule has 102 valence electrons. The van der Waals surface area contributed by atoms with Crippen LogP contribution >= 0.6 is 15.9 Å². The van der Waals surface area contributed by atoms with Gasteiger partial charge < -0.3 is 9.30 Å². The number of aryl methyl sites for hydroxylation is 1. The number of aromatic nitrogens is 1. The first kappa shape index (κ1) is 13.3. The third-order valence-electron chi connectivity index (χ3n) is 3.54. The minimum Gasteiger partial charge on any atom is -0.496 e. The van der Waals surface area contributed by atoms with E-state index in [2.05, 4.69) is 70.0 Å². The van der Waals surface area contributed by atoms with E-state index < -0.39 is 0 Å². The lowest BCUT2D eigenvalue weighted by Crippen LogP contribution is -2.01. The molecule has 0 aliphatic rings. The van der Waals surface area contributed by atoms with E-state index in [0.29, 0.717) is 0 Å². The molecule has 0 unspecified atom stereocenters. The summed E-state index contributed by atoms with van der Waals surface area (Å²) in [7, 11) is 1.72. The maximum absolute atomic E-state index is 5.46. The molecular formula is C17H16BrNO. The Morgan fingerprint density at radius 2 is 2.00 bits per heavy atom. The summed E-state index contributed by atoms with van der Waals surface area (Å²) in [5.41, 5.74) is 3.67. The van der Waals surface area contributed by atoms with Crippen LogP contribution < -0.4 is 4.74 Å². The Kier molecular flexibility index (Phi) is 3.53. The van der Waals surface area contributed by atoms with E-state index in [4.69, 9.17) is 4.74 Å². The maximum atomic E-state index is 5.46. The van der Waals surface area contributed by atoms with Crippen LogP contribution in [0.3, 0.4) is 0 Å². The number of rotatable bonds is 3. The standard InChI is InChI=1S/C17H16BrNO/c1-12-6-7-17(20-2)13(10-12)11-19-9-8-14-15(18)4-3-5-16(14)19/h3-10H,11H2,1-2H3. The van der Waals surface area contributed by atoms with E-state index in [1.807, 2.05) is 6.07 Å². The van der Waals surface area contributed by atoms with Crippen LogP contribution in [-0.2, 0) is 6.54 Å². The molecule has 0 fully saturated rings. The summed E-state index contributed by atoms with van der Waals surface area (Å²) in [5.74, 6) is 0.937. The number of nitrogens with zero attached hydrogens (tertiary/aromatic N) is 1. The van der Waals surface area contributed by atoms with Crippen molar-refractivity contribution in [1.82, 2.24) is 4.57 Å². The molecule has 0 aliphatic heterocycles. The molecule has 1 aromatic heterocycles. The molecular weight excluding hydrogens is 314 g/mol. The Hall–Kier alpha value is -1.74. The molecule has 0 saturated heterocycles. The molecule has 0 N–H and O–H groups in total. The van der Waals surface area contributed by atoms with Crippen LogP contribution in [0.15, 0.2) is 53.1 Å². The fourth-order valence-electron chi connectivity index (χ4n) is 2.54. The van der Waals surface area contributed by atoms with Crippen molar-refractivity contribution in [1.29, 1.82) is 0 Å². The highest BCUT2D eigenvalue weighted by Gasteiger charge is 2.08. The molecule has 0 bridgehead atoms. The predicted octanol–water partition coefficient (Wildman–Crippen LogP) is 4.77. The zero-order chi connectivity index (χ0) is 14.1. The van der Waals surface area contributed by atoms with Gasteiger partial charge in [-0.1, -0.05) is 39.7 Å². The van der Waals surface area contributed by atoms with Gasteiger partial charge >= 0.3 is 0 Å². The van der Waals surface area contributed by atoms with Crippen molar-refractivity contribution >= 4 is 26.8 Å². The molecule has 3 heteroatoms. The highest BCUT2D eigenvalue weighted by atomic mass is 79.9. The van der Waals surface area contributed by atoms with Gasteiger partial charge in [0.05, 0.1) is 13.7 Å². The van der Waals surface area contributed by atoms with Crippen LogP contribution in [0.2, 0.25) is 0 Å². The Labute approximate surface area is 127 Å². The fourth-order valence-corrected chi connectivity index (χ4v) is 3.03. The van der Waals surface area contributed by atoms with Gasteiger partial charge in [-0.3, -0.25) is 0 Å². The number of ether oxygens (including phenoxy) is 1. The molecule has 0 saturated carbocycles. The Balaban J connectivity index is 2.06. The van der Waals surface area contributed by atoms with E-state index in [1.54, 1.807) is 7.11 Å². The lowest BCUT2D eigenvalue weighted by Gasteiger charge is -2.11. The van der Waals surface area contributed by atoms with E-state index in [-0.39, 0.29) is 0 Å². The first-order valence-corrected chi connectivity index (χ1v) is 7.35. The normalized spacial score (nSPS) is 10.9. The molecule has 0 aliphatic carbocycles. The Bertz CT molecular complexity index is 761. The average Bonchev–Trinajstić information content (AvgIpc) is 2.84. The van der Waals surface area contributed by atoms with Crippen molar-refractivity contribution < 1.29 is 4.74 Å². The SMILES string of the molecule is COc1ccc(C)cc1Cn1ccc2c(Br)cccc21. The van der Waals surface area contributed by atoms with Gasteiger partial charge in [0, 0.05) is 27.1 Å². The number of hydrogen-bond donors (Lipinski definition) is 0. The van der Waals surface area contributed by atoms with Crippen LogP contribution in [0.1, 0.15) is 11.1 Å². The molecule has 2 aromatic carbocycles. The summed E-state index contributed by atoms with van der Waals surface area (Å²) >= 11 is 3.60. The first-order valence-electron chi connectivity index (χ1n) is 6.56. The van der Waals surface area contributed by atoms with Gasteiger partial charge in [0.1, 0.15) is 5.75 Å². The second-order valence-electron chi connectivity index (χ2n) is 4.93. The maximum Gasteiger partial charge on any atom is 0.123 e. The van der Waals surface area contributed by atoms with Gasteiger partial charge in [0.25, 0.3) is 0 Å². The zero-order valence-corrected chi connectivity index (χ0v) is 13.1. The van der Waals surface area contributed by atoms with Crippen molar-refractivity contribution in [3.05, 3.63) is 64.3 Å². The van der Waals surface area contributed by atoms with Gasteiger partial charge in [-0.15, -0.1) is 0 Å². The second kappa shape index (κ2) is 5.33. The van der Waals surface area contributed by atoms with Gasteiger partial charge in [-0.2, -0.15) is 0 Å².